The average molecular weight is 548 g/mol. The highest BCUT2D eigenvalue weighted by molar-refractivity contribution is 5.93. The van der Waals surface area contributed by atoms with Gasteiger partial charge < -0.3 is 34.9 Å². The highest BCUT2D eigenvalue weighted by Gasteiger charge is 2.31. The van der Waals surface area contributed by atoms with Crippen LogP contribution in [0.15, 0.2) is 36.4 Å². The van der Waals surface area contributed by atoms with Crippen LogP contribution < -0.4 is 20.7 Å². The van der Waals surface area contributed by atoms with Crippen LogP contribution in [0, 0.1) is 5.92 Å². The van der Waals surface area contributed by atoms with Gasteiger partial charge in [0.05, 0.1) is 20.3 Å². The molecule has 2 aliphatic heterocycles. The molecule has 1 aromatic rings. The molecule has 0 spiro atoms. The van der Waals surface area contributed by atoms with Crippen molar-refractivity contribution in [3.8, 4) is 5.75 Å². The first kappa shape index (κ1) is 31.6. The van der Waals surface area contributed by atoms with Gasteiger partial charge in [0, 0.05) is 6.42 Å². The van der Waals surface area contributed by atoms with Crippen LogP contribution in [0.2, 0.25) is 0 Å². The van der Waals surface area contributed by atoms with Gasteiger partial charge in [0.15, 0.2) is 6.04 Å². The monoisotopic (exact) mass is 547 g/mol. The quantitative estimate of drug-likeness (QED) is 0.296. The molecule has 2 aliphatic rings. The molecule has 0 aliphatic carbocycles. The Morgan fingerprint density at radius 3 is 2.33 bits per heavy atom. The van der Waals surface area contributed by atoms with Gasteiger partial charge in [-0.15, -0.1) is 0 Å². The Kier molecular flexibility index (Phi) is 12.2. The number of ether oxygens (including phenoxy) is 4. The normalized spacial score (nSPS) is 21.5. The summed E-state index contributed by atoms with van der Waals surface area (Å²) in [6.07, 6.45) is 3.18. The van der Waals surface area contributed by atoms with E-state index in [1.165, 1.54) is 7.11 Å². The molecule has 216 valence electrons. The third-order valence-electron chi connectivity index (χ3n) is 5.52. The highest BCUT2D eigenvalue weighted by atomic mass is 16.6. The fourth-order valence-electron chi connectivity index (χ4n) is 3.71. The van der Waals surface area contributed by atoms with E-state index < -0.39 is 47.6 Å². The lowest BCUT2D eigenvalue weighted by Gasteiger charge is -2.27. The van der Waals surface area contributed by atoms with Crippen LogP contribution in [-0.4, -0.2) is 74.5 Å². The molecule has 0 saturated carbocycles. The molecule has 11 heteroatoms. The number of benzene rings is 1. The smallest absolute Gasteiger partial charge is 0.408 e. The van der Waals surface area contributed by atoms with Crippen LogP contribution in [-0.2, 0) is 35.0 Å². The summed E-state index contributed by atoms with van der Waals surface area (Å²) in [7, 11) is 1.21. The summed E-state index contributed by atoms with van der Waals surface area (Å²) >= 11 is 0. The topological polar surface area (TPSA) is 141 Å². The Hall–Kier alpha value is -3.60. The highest BCUT2D eigenvalue weighted by Crippen LogP contribution is 2.15. The summed E-state index contributed by atoms with van der Waals surface area (Å²) in [6.45, 7) is 9.32. The van der Waals surface area contributed by atoms with E-state index in [1.807, 2.05) is 13.8 Å². The van der Waals surface area contributed by atoms with Gasteiger partial charge in [-0.1, -0.05) is 32.1 Å². The second-order valence-corrected chi connectivity index (χ2v) is 10.6. The third-order valence-corrected chi connectivity index (χ3v) is 5.52. The lowest BCUT2D eigenvalue weighted by atomic mass is 10.0. The molecule has 3 amide bonds. The number of methoxy groups -OCH3 is 1. The van der Waals surface area contributed by atoms with E-state index in [1.54, 1.807) is 57.2 Å². The molecule has 0 radical (unpaired) electrons. The van der Waals surface area contributed by atoms with Crippen LogP contribution in [0.25, 0.3) is 0 Å². The number of amides is 3. The number of alkyl carbamates (subject to hydrolysis) is 1. The van der Waals surface area contributed by atoms with Crippen molar-refractivity contribution >= 4 is 23.9 Å². The minimum absolute atomic E-state index is 0.0328. The van der Waals surface area contributed by atoms with Gasteiger partial charge in [-0.3, -0.25) is 9.59 Å². The standard InChI is InChI=1S/C28H41N3O8/c1-18(2)15-21-24(32)30-23(26(34)36-6)17-37-13-7-8-14-38-20-11-9-19(10-12-20)16-22(25(33)29-21)31-27(35)39-28(3,4)5/h7-12,18,21-23H,13-17H2,1-6H3,(H,29,33)(H,30,32)(H,31,35)/t21-,22-,23-/m0/s1. The fourth-order valence-corrected chi connectivity index (χ4v) is 3.71. The zero-order valence-electron chi connectivity index (χ0n) is 23.6. The lowest BCUT2D eigenvalue weighted by Crippen LogP contribution is -2.57. The van der Waals surface area contributed by atoms with E-state index in [9.17, 15) is 19.2 Å². The molecule has 0 unspecified atom stereocenters. The van der Waals surface area contributed by atoms with Crippen LogP contribution in [0.1, 0.15) is 46.6 Å². The van der Waals surface area contributed by atoms with E-state index in [-0.39, 0.29) is 25.6 Å². The van der Waals surface area contributed by atoms with Crippen molar-refractivity contribution in [3.05, 3.63) is 42.0 Å². The van der Waals surface area contributed by atoms with Crippen LogP contribution in [0.3, 0.4) is 0 Å². The van der Waals surface area contributed by atoms with Gasteiger partial charge in [-0.2, -0.15) is 0 Å². The molecule has 2 bridgehead atoms. The Labute approximate surface area is 230 Å². The summed E-state index contributed by atoms with van der Waals surface area (Å²) < 4.78 is 21.4. The van der Waals surface area contributed by atoms with Gasteiger partial charge in [0.2, 0.25) is 11.8 Å². The minimum atomic E-state index is -1.08. The van der Waals surface area contributed by atoms with Crippen molar-refractivity contribution < 1.29 is 38.1 Å². The first-order chi connectivity index (χ1) is 18.4. The first-order valence-corrected chi connectivity index (χ1v) is 13.0. The maximum atomic E-state index is 13.5. The molecule has 3 atom stereocenters. The van der Waals surface area contributed by atoms with Gasteiger partial charge >= 0.3 is 12.1 Å². The van der Waals surface area contributed by atoms with Crippen molar-refractivity contribution in [2.45, 2.75) is 71.2 Å². The molecule has 39 heavy (non-hydrogen) atoms. The molecule has 11 nitrogen and oxygen atoms in total. The Balaban J connectivity index is 2.37. The Bertz CT molecular complexity index is 1000. The number of hydrogen-bond acceptors (Lipinski definition) is 8. The van der Waals surface area contributed by atoms with Gasteiger partial charge in [-0.05, 0) is 56.9 Å². The Morgan fingerprint density at radius 2 is 1.72 bits per heavy atom. The van der Waals surface area contributed by atoms with Crippen LogP contribution >= 0.6 is 0 Å². The minimum Gasteiger partial charge on any atom is -0.490 e. The van der Waals surface area contributed by atoms with E-state index in [0.717, 1.165) is 5.56 Å². The summed E-state index contributed by atoms with van der Waals surface area (Å²) in [5.74, 6) is -1.17. The number of carbonyl (C=O) groups is 4. The zero-order valence-corrected chi connectivity index (χ0v) is 23.6. The summed E-state index contributed by atoms with van der Waals surface area (Å²) in [4.78, 5) is 51.6. The number of carbonyl (C=O) groups excluding carboxylic acids is 4. The summed E-state index contributed by atoms with van der Waals surface area (Å²) in [5, 5.41) is 8.00. The largest absolute Gasteiger partial charge is 0.490 e. The summed E-state index contributed by atoms with van der Waals surface area (Å²) in [5.41, 5.74) is -0.0103. The van der Waals surface area contributed by atoms with E-state index in [0.29, 0.717) is 18.8 Å². The lowest BCUT2D eigenvalue weighted by molar-refractivity contribution is -0.147. The zero-order chi connectivity index (χ0) is 29.0. The van der Waals surface area contributed by atoms with Gasteiger partial charge in [0.25, 0.3) is 0 Å². The molecule has 0 aromatic heterocycles. The number of hydrogen-bond donors (Lipinski definition) is 3. The maximum Gasteiger partial charge on any atom is 0.408 e. The molecule has 2 heterocycles. The molecular formula is C28H41N3O8. The summed E-state index contributed by atoms with van der Waals surface area (Å²) in [6, 6.07) is 4.04. The van der Waals surface area contributed by atoms with Crippen molar-refractivity contribution in [1.82, 2.24) is 16.0 Å². The fraction of sp³-hybridized carbons (Fsp3) is 0.571. The van der Waals surface area contributed by atoms with E-state index in [2.05, 4.69) is 16.0 Å². The predicted octanol–water partition coefficient (Wildman–Crippen LogP) is 2.28. The van der Waals surface area contributed by atoms with Crippen LogP contribution in [0.5, 0.6) is 5.75 Å². The SMILES string of the molecule is COC(=O)[C@@H]1COCC=CCOc2ccc(cc2)C[C@H](NC(=O)OC(C)(C)C)C(=O)N[C@@H](CC(C)C)C(=O)N1. The van der Waals surface area contributed by atoms with Crippen LogP contribution in [0.4, 0.5) is 4.79 Å². The molecule has 3 rings (SSSR count). The molecular weight excluding hydrogens is 506 g/mol. The van der Waals surface area contributed by atoms with Gasteiger partial charge in [-0.25, -0.2) is 9.59 Å². The van der Waals surface area contributed by atoms with E-state index in [4.69, 9.17) is 18.9 Å². The second kappa shape index (κ2) is 15.1. The molecule has 0 saturated heterocycles. The predicted molar refractivity (Wildman–Crippen MR) is 144 cm³/mol. The number of fused-ring (bicyclic) bond motifs is 15. The number of esters is 1. The first-order valence-electron chi connectivity index (χ1n) is 13.0. The second-order valence-electron chi connectivity index (χ2n) is 10.6. The van der Waals surface area contributed by atoms with Crippen molar-refractivity contribution in [2.24, 2.45) is 5.92 Å². The molecule has 0 fully saturated rings. The number of rotatable bonds is 4. The van der Waals surface area contributed by atoms with Gasteiger partial charge in [0.1, 0.15) is 30.0 Å². The molecule has 1 aromatic carbocycles. The van der Waals surface area contributed by atoms with E-state index >= 15 is 0 Å². The van der Waals surface area contributed by atoms with Crippen molar-refractivity contribution in [2.75, 3.05) is 26.9 Å². The Morgan fingerprint density at radius 1 is 1.05 bits per heavy atom. The van der Waals surface area contributed by atoms with Crippen molar-refractivity contribution in [1.29, 1.82) is 0 Å². The third kappa shape index (κ3) is 11.8. The molecule has 3 N–H and O–H groups in total. The maximum absolute atomic E-state index is 13.5. The number of nitrogens with one attached hydrogen (secondary N) is 3. The van der Waals surface area contributed by atoms with Crippen molar-refractivity contribution in [3.63, 3.8) is 0 Å². The average Bonchev–Trinajstić information content (AvgIpc) is 2.85.